The molecule has 11 heteroatoms. The van der Waals surface area contributed by atoms with E-state index in [2.05, 4.69) is 4.98 Å². The minimum absolute atomic E-state index is 0.00418. The molecular weight excluding hydrogens is 494 g/mol. The highest BCUT2D eigenvalue weighted by Crippen LogP contribution is 2.53. The number of phenols is 1. The van der Waals surface area contributed by atoms with Crippen LogP contribution >= 0.6 is 0 Å². The van der Waals surface area contributed by atoms with Crippen molar-refractivity contribution in [3.63, 3.8) is 0 Å². The Morgan fingerprint density at radius 2 is 1.89 bits per heavy atom. The first kappa shape index (κ1) is 25.6. The van der Waals surface area contributed by atoms with Crippen molar-refractivity contribution in [2.45, 2.75) is 31.1 Å². The number of aliphatic hydroxyl groups is 4. The Morgan fingerprint density at radius 1 is 1.18 bits per heavy atom. The highest BCUT2D eigenvalue weighted by molar-refractivity contribution is 6.24. The number of nitrogens with zero attached hydrogens (tertiary/aromatic N) is 2. The second kappa shape index (κ2) is 8.76. The number of aliphatic hydroxyl groups excluding tert-OH is 3. The van der Waals surface area contributed by atoms with Crippen LogP contribution in [0.2, 0.25) is 0 Å². The van der Waals surface area contributed by atoms with E-state index in [0.717, 1.165) is 0 Å². The van der Waals surface area contributed by atoms with Gasteiger partial charge in [0.25, 0.3) is 5.91 Å². The number of ketones is 2. The lowest BCUT2D eigenvalue weighted by atomic mass is 9.57. The van der Waals surface area contributed by atoms with Crippen molar-refractivity contribution in [3.8, 4) is 16.9 Å². The normalized spacial score (nSPS) is 26.8. The second-order valence-corrected chi connectivity index (χ2v) is 10.2. The van der Waals surface area contributed by atoms with Crippen molar-refractivity contribution >= 4 is 23.2 Å². The van der Waals surface area contributed by atoms with Crippen LogP contribution in [0.15, 0.2) is 47.5 Å². The highest BCUT2D eigenvalue weighted by atomic mass is 16.3. The van der Waals surface area contributed by atoms with Gasteiger partial charge in [0.1, 0.15) is 22.8 Å². The van der Waals surface area contributed by atoms with E-state index in [1.54, 1.807) is 32.4 Å². The predicted octanol–water partition coefficient (Wildman–Crippen LogP) is 0.518. The summed E-state index contributed by atoms with van der Waals surface area (Å²) >= 11 is 0. The molecule has 2 aromatic rings. The van der Waals surface area contributed by atoms with Gasteiger partial charge in [0, 0.05) is 29.4 Å². The Balaban J connectivity index is 1.73. The Bertz CT molecular complexity index is 1480. The fraction of sp³-hybridized carbons (Fsp3) is 0.333. The number of likely N-dealkylation sites (N-methyl/N-ethyl adjacent to an activating group) is 1. The molecule has 0 bridgehead atoms. The number of carbonyl (C=O) groups excluding carboxylic acids is 3. The number of benzene rings is 1. The van der Waals surface area contributed by atoms with Gasteiger partial charge in [0.05, 0.1) is 18.2 Å². The summed E-state index contributed by atoms with van der Waals surface area (Å²) in [5, 5.41) is 54.1. The molecule has 1 fully saturated rings. The average molecular weight is 522 g/mol. The first-order chi connectivity index (χ1) is 17.9. The van der Waals surface area contributed by atoms with Crippen LogP contribution in [0.1, 0.15) is 23.1 Å². The number of phenolic OH excluding ortho intramolecular Hbond substituents is 1. The smallest absolute Gasteiger partial charge is 0.255 e. The maximum absolute atomic E-state index is 13.9. The number of nitrogens with two attached hydrogens (primary N) is 1. The summed E-state index contributed by atoms with van der Waals surface area (Å²) in [6.07, 6.45) is 3.23. The van der Waals surface area contributed by atoms with Crippen LogP contribution in [0.4, 0.5) is 0 Å². The molecule has 198 valence electrons. The summed E-state index contributed by atoms with van der Waals surface area (Å²) in [6, 6.07) is 3.57. The predicted molar refractivity (Wildman–Crippen MR) is 133 cm³/mol. The molecule has 5 rings (SSSR count). The zero-order valence-corrected chi connectivity index (χ0v) is 20.7. The molecule has 1 saturated carbocycles. The van der Waals surface area contributed by atoms with Crippen LogP contribution in [-0.4, -0.2) is 78.6 Å². The zero-order chi connectivity index (χ0) is 27.7. The number of Topliss-reactive ketones (excluding diaryl/α,β-unsaturated/α-hetero) is 2. The first-order valence-electron chi connectivity index (χ1n) is 12.0. The third kappa shape index (κ3) is 3.39. The summed E-state index contributed by atoms with van der Waals surface area (Å²) in [4.78, 5) is 44.7. The standard InChI is InChI=1S/C27H27N3O8/c1-30(2)21-16-7-12-6-15-14(13-5-11(10-31)8-29-9-13)3-4-17(32)19(15)22(33)18(12)24(35)27(16,38)25(36)20(23(21)34)26(28)37/h3-5,8-9,12,16,21,31-33,36,38H,6-7,10H2,1-2H3,(H2,28,37). The van der Waals surface area contributed by atoms with Crippen LogP contribution < -0.4 is 5.73 Å². The molecule has 0 radical (unpaired) electrons. The first-order valence-corrected chi connectivity index (χ1v) is 12.0. The lowest BCUT2D eigenvalue weighted by molar-refractivity contribution is -0.153. The maximum Gasteiger partial charge on any atom is 0.255 e. The third-order valence-electron chi connectivity index (χ3n) is 7.89. The molecule has 1 amide bonds. The molecule has 3 aliphatic carbocycles. The van der Waals surface area contributed by atoms with Gasteiger partial charge in [-0.15, -0.1) is 0 Å². The van der Waals surface area contributed by atoms with E-state index in [0.29, 0.717) is 22.3 Å². The number of hydrogen-bond acceptors (Lipinski definition) is 10. The van der Waals surface area contributed by atoms with E-state index in [-0.39, 0.29) is 36.3 Å². The summed E-state index contributed by atoms with van der Waals surface area (Å²) in [6.45, 7) is -0.238. The van der Waals surface area contributed by atoms with Crippen LogP contribution in [0, 0.1) is 11.8 Å². The molecule has 38 heavy (non-hydrogen) atoms. The van der Waals surface area contributed by atoms with E-state index < -0.39 is 58.0 Å². The maximum atomic E-state index is 13.9. The largest absolute Gasteiger partial charge is 0.508 e. The van der Waals surface area contributed by atoms with Crippen LogP contribution in [0.3, 0.4) is 0 Å². The van der Waals surface area contributed by atoms with E-state index in [1.807, 2.05) is 0 Å². The number of aromatic nitrogens is 1. The molecular formula is C27H27N3O8. The zero-order valence-electron chi connectivity index (χ0n) is 20.7. The Hall–Kier alpha value is -4.06. The fourth-order valence-electron chi connectivity index (χ4n) is 6.24. The van der Waals surface area contributed by atoms with Crippen molar-refractivity contribution in [2.24, 2.45) is 17.6 Å². The molecule has 7 N–H and O–H groups in total. The van der Waals surface area contributed by atoms with Crippen molar-refractivity contribution in [2.75, 3.05) is 14.1 Å². The van der Waals surface area contributed by atoms with Crippen LogP contribution in [-0.2, 0) is 27.4 Å². The molecule has 1 aromatic heterocycles. The number of amides is 1. The van der Waals surface area contributed by atoms with Crippen LogP contribution in [0.25, 0.3) is 16.9 Å². The van der Waals surface area contributed by atoms with Crippen LogP contribution in [0.5, 0.6) is 5.75 Å². The molecule has 4 unspecified atom stereocenters. The minimum Gasteiger partial charge on any atom is -0.508 e. The van der Waals surface area contributed by atoms with Gasteiger partial charge in [-0.05, 0) is 61.7 Å². The molecule has 1 aromatic carbocycles. The number of aromatic hydroxyl groups is 1. The molecule has 4 atom stereocenters. The van der Waals surface area contributed by atoms with E-state index in [4.69, 9.17) is 5.73 Å². The van der Waals surface area contributed by atoms with Crippen molar-refractivity contribution in [3.05, 3.63) is 64.2 Å². The number of fused-ring (bicyclic) bond motifs is 3. The molecule has 11 nitrogen and oxygen atoms in total. The molecule has 1 heterocycles. The number of carbonyl (C=O) groups is 3. The highest BCUT2D eigenvalue weighted by Gasteiger charge is 2.64. The lowest BCUT2D eigenvalue weighted by Crippen LogP contribution is -2.65. The van der Waals surface area contributed by atoms with E-state index in [9.17, 15) is 39.9 Å². The minimum atomic E-state index is -2.68. The van der Waals surface area contributed by atoms with E-state index in [1.165, 1.54) is 17.2 Å². The van der Waals surface area contributed by atoms with Gasteiger partial charge in [-0.3, -0.25) is 24.3 Å². The third-order valence-corrected chi connectivity index (χ3v) is 7.89. The topological polar surface area (TPSA) is 195 Å². The summed E-state index contributed by atoms with van der Waals surface area (Å²) in [5.41, 5.74) is 3.89. The number of primary amides is 1. The molecule has 0 aliphatic heterocycles. The van der Waals surface area contributed by atoms with Gasteiger partial charge in [0.2, 0.25) is 5.78 Å². The van der Waals surface area contributed by atoms with Crippen molar-refractivity contribution in [1.29, 1.82) is 0 Å². The number of pyridine rings is 1. The molecule has 0 saturated heterocycles. The lowest BCUT2D eigenvalue weighted by Gasteiger charge is -2.50. The van der Waals surface area contributed by atoms with Gasteiger partial charge in [0.15, 0.2) is 11.4 Å². The second-order valence-electron chi connectivity index (χ2n) is 10.2. The monoisotopic (exact) mass is 521 g/mol. The number of hydrogen-bond donors (Lipinski definition) is 6. The van der Waals surface area contributed by atoms with Crippen molar-refractivity contribution < 1.29 is 39.9 Å². The quantitative estimate of drug-likeness (QED) is 0.309. The van der Waals surface area contributed by atoms with Gasteiger partial charge in [-0.1, -0.05) is 6.07 Å². The summed E-state index contributed by atoms with van der Waals surface area (Å²) < 4.78 is 0. The van der Waals surface area contributed by atoms with Gasteiger partial charge >= 0.3 is 0 Å². The Morgan fingerprint density at radius 3 is 2.53 bits per heavy atom. The molecule has 3 aliphatic rings. The summed E-state index contributed by atoms with van der Waals surface area (Å²) in [7, 11) is 3.09. The fourth-order valence-corrected chi connectivity index (χ4v) is 6.24. The van der Waals surface area contributed by atoms with E-state index >= 15 is 0 Å². The Kier molecular flexibility index (Phi) is 5.90. The van der Waals surface area contributed by atoms with Gasteiger partial charge < -0.3 is 31.3 Å². The van der Waals surface area contributed by atoms with Crippen molar-refractivity contribution in [1.82, 2.24) is 9.88 Å². The Labute approximate surface area is 217 Å². The number of rotatable bonds is 4. The summed E-state index contributed by atoms with van der Waals surface area (Å²) in [5.74, 6) is -6.98. The average Bonchev–Trinajstić information content (AvgIpc) is 2.86. The SMILES string of the molecule is CN(C)C1C(=O)C(C(N)=O)=C(O)C2(O)C(=O)C3=C(O)c4c(O)ccc(-c5cncc(CO)c5)c4CC3CC12. The van der Waals surface area contributed by atoms with Gasteiger partial charge in [-0.25, -0.2) is 0 Å². The molecule has 0 spiro atoms. The van der Waals surface area contributed by atoms with Gasteiger partial charge in [-0.2, -0.15) is 0 Å².